The van der Waals surface area contributed by atoms with Crippen LogP contribution in [0.4, 0.5) is 0 Å². The van der Waals surface area contributed by atoms with Crippen molar-refractivity contribution in [3.05, 3.63) is 16.3 Å². The van der Waals surface area contributed by atoms with E-state index in [1.807, 2.05) is 4.90 Å². The normalized spacial score (nSPS) is 37.7. The van der Waals surface area contributed by atoms with Gasteiger partial charge in [0, 0.05) is 19.0 Å². The van der Waals surface area contributed by atoms with E-state index in [0.29, 0.717) is 12.4 Å². The Bertz CT molecular complexity index is 639. The number of carbonyl (C=O) groups is 1. The third-order valence-electron chi connectivity index (χ3n) is 5.57. The van der Waals surface area contributed by atoms with Gasteiger partial charge < -0.3 is 9.64 Å². The number of nitrogens with zero attached hydrogens (tertiary/aromatic N) is 2. The number of hydrogen-bond acceptors (Lipinski definition) is 4. The van der Waals surface area contributed by atoms with Crippen molar-refractivity contribution in [1.82, 2.24) is 20.1 Å². The number of H-pyrrole nitrogens is 2. The van der Waals surface area contributed by atoms with Crippen LogP contribution in [0.1, 0.15) is 50.8 Å². The lowest BCUT2D eigenvalue weighted by molar-refractivity contribution is -0.145. The van der Waals surface area contributed by atoms with E-state index >= 15 is 0 Å². The Morgan fingerprint density at radius 1 is 1.41 bits per heavy atom. The number of carbonyl (C=O) groups excluding carboxylic acids is 1. The van der Waals surface area contributed by atoms with Crippen molar-refractivity contribution in [2.24, 2.45) is 5.41 Å². The highest BCUT2D eigenvalue weighted by atomic mass is 16.5. The highest BCUT2D eigenvalue weighted by Gasteiger charge is 2.55. The maximum Gasteiger partial charge on any atom is 0.340 e. The van der Waals surface area contributed by atoms with Gasteiger partial charge in [-0.15, -0.1) is 0 Å². The molecule has 0 aliphatic carbocycles. The van der Waals surface area contributed by atoms with Gasteiger partial charge in [-0.1, -0.05) is 0 Å². The van der Waals surface area contributed by atoms with Crippen LogP contribution >= 0.6 is 0 Å². The van der Waals surface area contributed by atoms with Crippen molar-refractivity contribution in [3.63, 3.8) is 0 Å². The van der Waals surface area contributed by atoms with E-state index in [1.165, 1.54) is 0 Å². The summed E-state index contributed by atoms with van der Waals surface area (Å²) in [6, 6.07) is 0. The second-order valence-corrected chi connectivity index (χ2v) is 7.10. The lowest BCUT2D eigenvalue weighted by Gasteiger charge is -2.39. The van der Waals surface area contributed by atoms with Crippen molar-refractivity contribution in [2.45, 2.75) is 57.2 Å². The molecule has 22 heavy (non-hydrogen) atoms. The molecule has 4 rings (SSSR count). The fourth-order valence-corrected chi connectivity index (χ4v) is 4.38. The lowest BCUT2D eigenvalue weighted by Crippen LogP contribution is -2.50. The molecule has 2 N–H and O–H groups in total. The Morgan fingerprint density at radius 3 is 2.91 bits per heavy atom. The van der Waals surface area contributed by atoms with Crippen LogP contribution in [0.2, 0.25) is 0 Å². The molecule has 7 heteroatoms. The predicted molar refractivity (Wildman–Crippen MR) is 78.4 cm³/mol. The SMILES string of the molecule is CC1(C(=O)N2CCCC(c3n[nH]c(=O)[nH]3)C2)CC2CCC1O2. The van der Waals surface area contributed by atoms with Crippen LogP contribution in [0.3, 0.4) is 0 Å². The number of rotatable bonds is 2. The van der Waals surface area contributed by atoms with Gasteiger partial charge in [0.15, 0.2) is 0 Å². The molecule has 4 heterocycles. The third-order valence-corrected chi connectivity index (χ3v) is 5.57. The van der Waals surface area contributed by atoms with Crippen LogP contribution < -0.4 is 5.69 Å². The molecule has 0 spiro atoms. The topological polar surface area (TPSA) is 91.1 Å². The molecule has 2 bridgehead atoms. The Kier molecular flexibility index (Phi) is 3.14. The van der Waals surface area contributed by atoms with Gasteiger partial charge in [0.2, 0.25) is 5.91 Å². The van der Waals surface area contributed by atoms with E-state index in [0.717, 1.165) is 38.6 Å². The molecule has 1 aromatic rings. The zero-order chi connectivity index (χ0) is 15.3. The molecule has 1 aromatic heterocycles. The van der Waals surface area contributed by atoms with Gasteiger partial charge in [-0.2, -0.15) is 5.10 Å². The molecule has 3 aliphatic heterocycles. The predicted octanol–water partition coefficient (Wildman–Crippen LogP) is 0.762. The fraction of sp³-hybridized carbons (Fsp3) is 0.800. The molecule has 3 saturated heterocycles. The number of amides is 1. The summed E-state index contributed by atoms with van der Waals surface area (Å²) in [6.45, 7) is 3.47. The molecular weight excluding hydrogens is 284 g/mol. The molecule has 0 saturated carbocycles. The zero-order valence-corrected chi connectivity index (χ0v) is 12.8. The number of fused-ring (bicyclic) bond motifs is 2. The Hall–Kier alpha value is -1.63. The summed E-state index contributed by atoms with van der Waals surface area (Å²) in [5, 5.41) is 6.44. The van der Waals surface area contributed by atoms with Gasteiger partial charge >= 0.3 is 5.69 Å². The molecule has 3 aliphatic rings. The van der Waals surface area contributed by atoms with E-state index in [1.54, 1.807) is 0 Å². The summed E-state index contributed by atoms with van der Waals surface area (Å²) < 4.78 is 5.90. The fourth-order valence-electron chi connectivity index (χ4n) is 4.38. The van der Waals surface area contributed by atoms with Crippen molar-refractivity contribution in [3.8, 4) is 0 Å². The molecule has 120 valence electrons. The molecule has 7 nitrogen and oxygen atoms in total. The first-order chi connectivity index (χ1) is 10.6. The number of nitrogens with one attached hydrogen (secondary N) is 2. The van der Waals surface area contributed by atoms with Crippen LogP contribution in [0.25, 0.3) is 0 Å². The number of piperidine rings is 1. The Balaban J connectivity index is 1.50. The molecule has 4 atom stereocenters. The third kappa shape index (κ3) is 2.10. The van der Waals surface area contributed by atoms with E-state index < -0.39 is 0 Å². The van der Waals surface area contributed by atoms with Gasteiger partial charge in [-0.3, -0.25) is 9.78 Å². The quantitative estimate of drug-likeness (QED) is 0.844. The van der Waals surface area contributed by atoms with E-state index in [2.05, 4.69) is 22.1 Å². The lowest BCUT2D eigenvalue weighted by atomic mass is 9.74. The molecular formula is C15H22N4O3. The first-order valence-electron chi connectivity index (χ1n) is 8.16. The van der Waals surface area contributed by atoms with Crippen molar-refractivity contribution >= 4 is 5.91 Å². The van der Waals surface area contributed by atoms with Gasteiger partial charge in [-0.05, 0) is 39.0 Å². The minimum atomic E-state index is -0.371. The molecule has 3 fully saturated rings. The average Bonchev–Trinajstić information content (AvgIpc) is 3.22. The Morgan fingerprint density at radius 2 is 2.27 bits per heavy atom. The van der Waals surface area contributed by atoms with Gasteiger partial charge in [0.05, 0.1) is 17.6 Å². The smallest absolute Gasteiger partial charge is 0.340 e. The number of likely N-dealkylation sites (tertiary alicyclic amines) is 1. The zero-order valence-electron chi connectivity index (χ0n) is 12.8. The second kappa shape index (κ2) is 4.94. The van der Waals surface area contributed by atoms with Gasteiger partial charge in [0.25, 0.3) is 0 Å². The number of ether oxygens (including phenoxy) is 1. The highest BCUT2D eigenvalue weighted by Crippen LogP contribution is 2.48. The molecule has 1 amide bonds. The van der Waals surface area contributed by atoms with Crippen LogP contribution in [-0.2, 0) is 9.53 Å². The maximum atomic E-state index is 13.0. The van der Waals surface area contributed by atoms with Crippen molar-refractivity contribution < 1.29 is 9.53 Å². The average molecular weight is 306 g/mol. The first kappa shape index (κ1) is 14.0. The summed E-state index contributed by atoms with van der Waals surface area (Å²) in [7, 11) is 0. The van der Waals surface area contributed by atoms with Crippen LogP contribution in [-0.4, -0.2) is 51.3 Å². The van der Waals surface area contributed by atoms with Crippen LogP contribution in [0.15, 0.2) is 4.79 Å². The minimum Gasteiger partial charge on any atom is -0.374 e. The van der Waals surface area contributed by atoms with E-state index in [4.69, 9.17) is 4.74 Å². The summed E-state index contributed by atoms with van der Waals surface area (Å²) in [5.74, 6) is 0.985. The monoisotopic (exact) mass is 306 g/mol. The first-order valence-corrected chi connectivity index (χ1v) is 8.16. The number of aromatic amines is 2. The van der Waals surface area contributed by atoms with Crippen molar-refractivity contribution in [2.75, 3.05) is 13.1 Å². The van der Waals surface area contributed by atoms with Crippen LogP contribution in [0, 0.1) is 5.41 Å². The number of hydrogen-bond donors (Lipinski definition) is 2. The second-order valence-electron chi connectivity index (χ2n) is 7.10. The summed E-state index contributed by atoms with van der Waals surface area (Å²) in [6.07, 6.45) is 5.16. The molecule has 0 radical (unpaired) electrons. The maximum absolute atomic E-state index is 13.0. The van der Waals surface area contributed by atoms with Gasteiger partial charge in [-0.25, -0.2) is 9.89 Å². The Labute approximate surface area is 128 Å². The van der Waals surface area contributed by atoms with Gasteiger partial charge in [0.1, 0.15) is 5.82 Å². The van der Waals surface area contributed by atoms with E-state index in [-0.39, 0.29) is 35.1 Å². The highest BCUT2D eigenvalue weighted by molar-refractivity contribution is 5.83. The van der Waals surface area contributed by atoms with E-state index in [9.17, 15) is 9.59 Å². The van der Waals surface area contributed by atoms with Crippen LogP contribution in [0.5, 0.6) is 0 Å². The largest absolute Gasteiger partial charge is 0.374 e. The molecule has 4 unspecified atom stereocenters. The number of aromatic nitrogens is 3. The molecule has 0 aromatic carbocycles. The standard InChI is InChI=1S/C15H22N4O3/c1-15(7-10-4-5-11(15)22-10)13(20)19-6-2-3-9(8-19)12-16-14(21)18-17-12/h9-11H,2-8H2,1H3,(H2,16,17,18,21). The summed E-state index contributed by atoms with van der Waals surface area (Å²) in [4.78, 5) is 28.9. The summed E-state index contributed by atoms with van der Waals surface area (Å²) >= 11 is 0. The summed E-state index contributed by atoms with van der Waals surface area (Å²) in [5.41, 5.74) is -0.657. The van der Waals surface area contributed by atoms with Crippen molar-refractivity contribution in [1.29, 1.82) is 0 Å². The minimum absolute atomic E-state index is 0.0792.